The summed E-state index contributed by atoms with van der Waals surface area (Å²) in [6.07, 6.45) is 1.07. The molecule has 3 rings (SSSR count). The topological polar surface area (TPSA) is 60.7 Å². The first-order valence-electron chi connectivity index (χ1n) is 8.30. The molecular formula is C20H21NO4. The zero-order valence-corrected chi connectivity index (χ0v) is 14.7. The normalized spacial score (nSPS) is 15.0. The number of benzene rings is 2. The molecular weight excluding hydrogens is 318 g/mol. The summed E-state index contributed by atoms with van der Waals surface area (Å²) in [5.74, 6) is 2.81. The Morgan fingerprint density at radius 1 is 1.16 bits per heavy atom. The highest BCUT2D eigenvalue weighted by Gasteiger charge is 2.22. The van der Waals surface area contributed by atoms with Gasteiger partial charge in [0.1, 0.15) is 24.2 Å². The monoisotopic (exact) mass is 339 g/mol. The van der Waals surface area contributed by atoms with Gasteiger partial charge in [0.25, 0.3) is 0 Å². The van der Waals surface area contributed by atoms with E-state index in [0.717, 1.165) is 29.0 Å². The molecule has 1 atom stereocenters. The largest absolute Gasteiger partial charge is 0.493 e. The lowest BCUT2D eigenvalue weighted by molar-refractivity contribution is 0.251. The number of rotatable bonds is 6. The van der Waals surface area contributed by atoms with E-state index in [1.54, 1.807) is 25.3 Å². The molecule has 0 N–H and O–H groups in total. The molecule has 5 heteroatoms. The first-order chi connectivity index (χ1) is 12.1. The van der Waals surface area contributed by atoms with Crippen molar-refractivity contribution < 1.29 is 18.9 Å². The Morgan fingerprint density at radius 3 is 2.72 bits per heavy atom. The minimum Gasteiger partial charge on any atom is -0.493 e. The molecule has 25 heavy (non-hydrogen) atoms. The SMILES string of the molecule is CCOc1cc2c(cc1COc1ccc(C#N)cc1OC)OC(C)C2. The second-order valence-corrected chi connectivity index (χ2v) is 5.90. The quantitative estimate of drug-likeness (QED) is 0.799. The van der Waals surface area contributed by atoms with E-state index >= 15 is 0 Å². The minimum absolute atomic E-state index is 0.180. The number of nitriles is 1. The van der Waals surface area contributed by atoms with Crippen LogP contribution in [0.2, 0.25) is 0 Å². The van der Waals surface area contributed by atoms with Crippen molar-refractivity contribution in [2.75, 3.05) is 13.7 Å². The molecule has 0 radical (unpaired) electrons. The number of ether oxygens (including phenoxy) is 4. The molecule has 0 bridgehead atoms. The van der Waals surface area contributed by atoms with Crippen LogP contribution in [0.5, 0.6) is 23.0 Å². The molecule has 2 aromatic carbocycles. The smallest absolute Gasteiger partial charge is 0.162 e. The summed E-state index contributed by atoms with van der Waals surface area (Å²) in [5.41, 5.74) is 2.61. The number of nitrogens with zero attached hydrogens (tertiary/aromatic N) is 1. The Labute approximate surface area is 147 Å². The third-order valence-corrected chi connectivity index (χ3v) is 4.05. The van der Waals surface area contributed by atoms with Gasteiger partial charge in [-0.25, -0.2) is 0 Å². The fourth-order valence-electron chi connectivity index (χ4n) is 2.90. The van der Waals surface area contributed by atoms with Gasteiger partial charge in [0.2, 0.25) is 0 Å². The summed E-state index contributed by atoms with van der Waals surface area (Å²) < 4.78 is 22.8. The molecule has 0 aliphatic carbocycles. The first kappa shape index (κ1) is 17.0. The molecule has 1 aliphatic rings. The molecule has 1 aliphatic heterocycles. The van der Waals surface area contributed by atoms with Crippen molar-refractivity contribution in [3.8, 4) is 29.1 Å². The third-order valence-electron chi connectivity index (χ3n) is 4.05. The number of fused-ring (bicyclic) bond motifs is 1. The zero-order valence-electron chi connectivity index (χ0n) is 14.7. The molecule has 0 saturated carbocycles. The van der Waals surface area contributed by atoms with Crippen LogP contribution in [0.15, 0.2) is 30.3 Å². The average Bonchev–Trinajstić information content (AvgIpc) is 2.98. The third kappa shape index (κ3) is 3.63. The number of hydrogen-bond acceptors (Lipinski definition) is 5. The Bertz CT molecular complexity index is 810. The van der Waals surface area contributed by atoms with Crippen LogP contribution < -0.4 is 18.9 Å². The van der Waals surface area contributed by atoms with Gasteiger partial charge in [0, 0.05) is 23.6 Å². The molecule has 0 spiro atoms. The van der Waals surface area contributed by atoms with Gasteiger partial charge in [-0.15, -0.1) is 0 Å². The summed E-state index contributed by atoms with van der Waals surface area (Å²) in [7, 11) is 1.56. The summed E-state index contributed by atoms with van der Waals surface area (Å²) in [6.45, 7) is 4.92. The van der Waals surface area contributed by atoms with Gasteiger partial charge in [-0.2, -0.15) is 5.26 Å². The Hall–Kier alpha value is -2.87. The summed E-state index contributed by atoms with van der Waals surface area (Å²) in [4.78, 5) is 0. The lowest BCUT2D eigenvalue weighted by atomic mass is 10.1. The predicted molar refractivity (Wildman–Crippen MR) is 93.4 cm³/mol. The van der Waals surface area contributed by atoms with E-state index in [1.165, 1.54) is 0 Å². The molecule has 0 fully saturated rings. The van der Waals surface area contributed by atoms with E-state index in [4.69, 9.17) is 24.2 Å². The van der Waals surface area contributed by atoms with E-state index in [1.807, 2.05) is 19.1 Å². The van der Waals surface area contributed by atoms with Crippen molar-refractivity contribution in [1.29, 1.82) is 5.26 Å². The summed E-state index contributed by atoms with van der Waals surface area (Å²) in [6, 6.07) is 11.2. The maximum Gasteiger partial charge on any atom is 0.162 e. The molecule has 130 valence electrons. The second-order valence-electron chi connectivity index (χ2n) is 5.90. The molecule has 2 aromatic rings. The van der Waals surface area contributed by atoms with E-state index in [9.17, 15) is 0 Å². The van der Waals surface area contributed by atoms with Crippen LogP contribution in [-0.4, -0.2) is 19.8 Å². The van der Waals surface area contributed by atoms with Gasteiger partial charge in [0.15, 0.2) is 11.5 Å². The van der Waals surface area contributed by atoms with Crippen LogP contribution in [0.1, 0.15) is 30.5 Å². The molecule has 1 heterocycles. The second kappa shape index (κ2) is 7.35. The minimum atomic E-state index is 0.180. The lowest BCUT2D eigenvalue weighted by Crippen LogP contribution is -2.05. The molecule has 0 aromatic heterocycles. The van der Waals surface area contributed by atoms with Crippen molar-refractivity contribution in [2.45, 2.75) is 33.0 Å². The highest BCUT2D eigenvalue weighted by Crippen LogP contribution is 2.36. The average molecular weight is 339 g/mol. The van der Waals surface area contributed by atoms with Crippen LogP contribution in [-0.2, 0) is 13.0 Å². The maximum atomic E-state index is 8.99. The fraction of sp³-hybridized carbons (Fsp3) is 0.350. The molecule has 5 nitrogen and oxygen atoms in total. The van der Waals surface area contributed by atoms with E-state index in [0.29, 0.717) is 30.3 Å². The van der Waals surface area contributed by atoms with Gasteiger partial charge in [-0.05, 0) is 38.1 Å². The Balaban J connectivity index is 1.84. The Kier molecular flexibility index (Phi) is 4.99. The van der Waals surface area contributed by atoms with Crippen molar-refractivity contribution in [1.82, 2.24) is 0 Å². The number of methoxy groups -OCH3 is 1. The predicted octanol–water partition coefficient (Wildman–Crippen LogP) is 3.87. The van der Waals surface area contributed by atoms with Crippen LogP contribution in [0.3, 0.4) is 0 Å². The fourth-order valence-corrected chi connectivity index (χ4v) is 2.90. The molecule has 1 unspecified atom stereocenters. The first-order valence-corrected chi connectivity index (χ1v) is 8.30. The highest BCUT2D eigenvalue weighted by atomic mass is 16.5. The lowest BCUT2D eigenvalue weighted by Gasteiger charge is -2.15. The van der Waals surface area contributed by atoms with Crippen molar-refractivity contribution in [3.05, 3.63) is 47.0 Å². The maximum absolute atomic E-state index is 8.99. The van der Waals surface area contributed by atoms with Crippen molar-refractivity contribution in [3.63, 3.8) is 0 Å². The zero-order chi connectivity index (χ0) is 17.8. The summed E-state index contributed by atoms with van der Waals surface area (Å²) >= 11 is 0. The summed E-state index contributed by atoms with van der Waals surface area (Å²) in [5, 5.41) is 8.99. The standard InChI is InChI=1S/C20H21NO4/c1-4-23-18-9-15-7-13(2)25-19(15)10-16(18)12-24-17-6-5-14(11-21)8-20(17)22-3/h5-6,8-10,13H,4,7,12H2,1-3H3. The Morgan fingerprint density at radius 2 is 2.00 bits per heavy atom. The van der Waals surface area contributed by atoms with Crippen LogP contribution in [0.25, 0.3) is 0 Å². The van der Waals surface area contributed by atoms with Gasteiger partial charge in [0.05, 0.1) is 25.3 Å². The number of hydrogen-bond donors (Lipinski definition) is 0. The molecule has 0 amide bonds. The van der Waals surface area contributed by atoms with Crippen LogP contribution in [0.4, 0.5) is 0 Å². The highest BCUT2D eigenvalue weighted by molar-refractivity contribution is 5.50. The van der Waals surface area contributed by atoms with Crippen LogP contribution >= 0.6 is 0 Å². The van der Waals surface area contributed by atoms with Crippen molar-refractivity contribution in [2.24, 2.45) is 0 Å². The van der Waals surface area contributed by atoms with E-state index in [2.05, 4.69) is 13.0 Å². The van der Waals surface area contributed by atoms with Gasteiger partial charge in [-0.1, -0.05) is 0 Å². The van der Waals surface area contributed by atoms with Gasteiger partial charge < -0.3 is 18.9 Å². The van der Waals surface area contributed by atoms with Gasteiger partial charge in [-0.3, -0.25) is 0 Å². The van der Waals surface area contributed by atoms with E-state index in [-0.39, 0.29) is 6.10 Å². The molecule has 0 saturated heterocycles. The van der Waals surface area contributed by atoms with Crippen molar-refractivity contribution >= 4 is 0 Å². The van der Waals surface area contributed by atoms with Gasteiger partial charge >= 0.3 is 0 Å². The van der Waals surface area contributed by atoms with Crippen LogP contribution in [0, 0.1) is 11.3 Å². The van der Waals surface area contributed by atoms with E-state index < -0.39 is 0 Å².